The molecule has 0 unspecified atom stereocenters. The number of hydrogen-bond donors (Lipinski definition) is 2. The average Bonchev–Trinajstić information content (AvgIpc) is 3.11. The first-order valence-electron chi connectivity index (χ1n) is 9.71. The number of nitrogens with zero attached hydrogens (tertiary/aromatic N) is 1. The number of aromatic nitrogens is 2. The topological polar surface area (TPSA) is 84.1 Å². The number of ether oxygens (including phenoxy) is 1. The third kappa shape index (κ3) is 4.64. The van der Waals surface area contributed by atoms with E-state index in [0.717, 1.165) is 47.2 Å². The van der Waals surface area contributed by atoms with Gasteiger partial charge in [-0.3, -0.25) is 9.59 Å². The zero-order valence-electron chi connectivity index (χ0n) is 16.2. The van der Waals surface area contributed by atoms with Gasteiger partial charge in [0.1, 0.15) is 10.6 Å². The Morgan fingerprint density at radius 3 is 2.86 bits per heavy atom. The third-order valence-electron chi connectivity index (χ3n) is 5.04. The Morgan fingerprint density at radius 2 is 2.07 bits per heavy atom. The van der Waals surface area contributed by atoms with E-state index in [4.69, 9.17) is 4.74 Å². The number of thiophene rings is 1. The number of aromatic amines is 1. The summed E-state index contributed by atoms with van der Waals surface area (Å²) in [4.78, 5) is 34.2. The highest BCUT2D eigenvalue weighted by Gasteiger charge is 2.20. The number of amides is 1. The summed E-state index contributed by atoms with van der Waals surface area (Å²) in [5.74, 6) is 0.971. The van der Waals surface area contributed by atoms with Crippen molar-refractivity contribution in [3.63, 3.8) is 0 Å². The number of benzene rings is 1. The van der Waals surface area contributed by atoms with E-state index in [2.05, 4.69) is 15.3 Å². The van der Waals surface area contributed by atoms with Gasteiger partial charge < -0.3 is 15.0 Å². The number of carbonyl (C=O) groups excluding carboxylic acids is 1. The predicted octanol–water partition coefficient (Wildman–Crippen LogP) is 3.32. The van der Waals surface area contributed by atoms with E-state index in [1.165, 1.54) is 28.6 Å². The van der Waals surface area contributed by atoms with E-state index in [1.807, 2.05) is 24.3 Å². The second kappa shape index (κ2) is 9.00. The van der Waals surface area contributed by atoms with Crippen LogP contribution in [0.15, 0.2) is 34.2 Å². The van der Waals surface area contributed by atoms with Crippen molar-refractivity contribution in [3.05, 3.63) is 50.6 Å². The third-order valence-corrected chi connectivity index (χ3v) is 7.10. The van der Waals surface area contributed by atoms with Gasteiger partial charge in [0.25, 0.3) is 5.56 Å². The average molecular weight is 430 g/mol. The van der Waals surface area contributed by atoms with Crippen LogP contribution < -0.4 is 15.6 Å². The van der Waals surface area contributed by atoms with Crippen LogP contribution >= 0.6 is 23.1 Å². The molecular formula is C21H23N3O3S2. The molecule has 8 heteroatoms. The zero-order chi connectivity index (χ0) is 20.2. The first-order valence-corrected chi connectivity index (χ1v) is 11.5. The lowest BCUT2D eigenvalue weighted by atomic mass is 9.97. The minimum Gasteiger partial charge on any atom is -0.497 e. The van der Waals surface area contributed by atoms with Crippen molar-refractivity contribution in [2.75, 3.05) is 19.4 Å². The molecule has 2 heterocycles. The highest BCUT2D eigenvalue weighted by molar-refractivity contribution is 7.99. The standard InChI is InChI=1S/C21H23N3O3S2/c1-27-14-8-6-13(7-9-14)10-11-22-17(25)12-28-21-23-19(26)18-15-4-2-3-5-16(15)29-20(18)24-21/h6-9H,2-5,10-12H2,1H3,(H,22,25)(H,23,24,26). The van der Waals surface area contributed by atoms with Crippen molar-refractivity contribution in [3.8, 4) is 5.75 Å². The molecule has 2 aromatic heterocycles. The Bertz CT molecular complexity index is 1070. The van der Waals surface area contributed by atoms with E-state index in [9.17, 15) is 9.59 Å². The highest BCUT2D eigenvalue weighted by Crippen LogP contribution is 2.34. The monoisotopic (exact) mass is 429 g/mol. The van der Waals surface area contributed by atoms with Gasteiger partial charge in [0, 0.05) is 11.4 Å². The second-order valence-corrected chi connectivity index (χ2v) is 9.05. The molecule has 1 aromatic carbocycles. The number of H-pyrrole nitrogens is 1. The number of hydrogen-bond acceptors (Lipinski definition) is 6. The predicted molar refractivity (Wildman–Crippen MR) is 117 cm³/mol. The number of aryl methyl sites for hydroxylation is 2. The summed E-state index contributed by atoms with van der Waals surface area (Å²) in [6, 6.07) is 7.80. The molecule has 3 aromatic rings. The molecule has 4 rings (SSSR count). The van der Waals surface area contributed by atoms with Gasteiger partial charge in [-0.1, -0.05) is 23.9 Å². The molecule has 0 spiro atoms. The number of rotatable bonds is 7. The molecule has 1 amide bonds. The van der Waals surface area contributed by atoms with Crippen LogP contribution in [0.1, 0.15) is 28.8 Å². The minimum absolute atomic E-state index is 0.0725. The summed E-state index contributed by atoms with van der Waals surface area (Å²) in [5, 5.41) is 4.17. The van der Waals surface area contributed by atoms with E-state index in [1.54, 1.807) is 18.4 Å². The fraction of sp³-hybridized carbons (Fsp3) is 0.381. The summed E-state index contributed by atoms with van der Waals surface area (Å²) in [7, 11) is 1.64. The number of carbonyl (C=O) groups is 1. The van der Waals surface area contributed by atoms with Gasteiger partial charge >= 0.3 is 0 Å². The molecule has 0 atom stereocenters. The van der Waals surface area contributed by atoms with Crippen LogP contribution in [0.4, 0.5) is 0 Å². The highest BCUT2D eigenvalue weighted by atomic mass is 32.2. The molecule has 0 saturated carbocycles. The number of nitrogens with one attached hydrogen (secondary N) is 2. The molecule has 2 N–H and O–H groups in total. The van der Waals surface area contributed by atoms with Crippen molar-refractivity contribution in [1.82, 2.24) is 15.3 Å². The fourth-order valence-corrected chi connectivity index (χ4v) is 5.55. The van der Waals surface area contributed by atoms with E-state index < -0.39 is 0 Å². The summed E-state index contributed by atoms with van der Waals surface area (Å²) >= 11 is 2.89. The first kappa shape index (κ1) is 20.0. The maximum atomic E-state index is 12.5. The van der Waals surface area contributed by atoms with Crippen molar-refractivity contribution in [1.29, 1.82) is 0 Å². The maximum absolute atomic E-state index is 12.5. The molecule has 152 valence electrons. The molecule has 0 fully saturated rings. The van der Waals surface area contributed by atoms with Gasteiger partial charge in [-0.25, -0.2) is 4.98 Å². The molecule has 1 aliphatic carbocycles. The molecule has 0 bridgehead atoms. The van der Waals surface area contributed by atoms with Gasteiger partial charge in [0.15, 0.2) is 5.16 Å². The number of thioether (sulfide) groups is 1. The zero-order valence-corrected chi connectivity index (χ0v) is 17.9. The Morgan fingerprint density at radius 1 is 1.28 bits per heavy atom. The Labute approximate surface area is 177 Å². The van der Waals surface area contributed by atoms with Crippen LogP contribution in [0.2, 0.25) is 0 Å². The van der Waals surface area contributed by atoms with Crippen molar-refractivity contribution < 1.29 is 9.53 Å². The summed E-state index contributed by atoms with van der Waals surface area (Å²) in [6.45, 7) is 0.562. The Balaban J connectivity index is 1.31. The van der Waals surface area contributed by atoms with Gasteiger partial charge in [0.05, 0.1) is 18.2 Å². The quantitative estimate of drug-likeness (QED) is 0.445. The van der Waals surface area contributed by atoms with Crippen LogP contribution in [0, 0.1) is 0 Å². The lowest BCUT2D eigenvalue weighted by Gasteiger charge is -2.09. The van der Waals surface area contributed by atoms with Crippen molar-refractivity contribution >= 4 is 39.2 Å². The molecule has 6 nitrogen and oxygen atoms in total. The summed E-state index contributed by atoms with van der Waals surface area (Å²) in [6.07, 6.45) is 5.06. The van der Waals surface area contributed by atoms with Crippen LogP contribution in [-0.4, -0.2) is 35.3 Å². The van der Waals surface area contributed by atoms with Gasteiger partial charge in [-0.2, -0.15) is 0 Å². The second-order valence-electron chi connectivity index (χ2n) is 7.00. The van der Waals surface area contributed by atoms with Crippen LogP contribution in [-0.2, 0) is 24.1 Å². The maximum Gasteiger partial charge on any atom is 0.260 e. The van der Waals surface area contributed by atoms with Crippen LogP contribution in [0.3, 0.4) is 0 Å². The lowest BCUT2D eigenvalue weighted by molar-refractivity contribution is -0.118. The summed E-state index contributed by atoms with van der Waals surface area (Å²) < 4.78 is 5.14. The Kier molecular flexibility index (Phi) is 6.20. The van der Waals surface area contributed by atoms with E-state index in [0.29, 0.717) is 11.7 Å². The van der Waals surface area contributed by atoms with Gasteiger partial charge in [-0.15, -0.1) is 11.3 Å². The van der Waals surface area contributed by atoms with Crippen molar-refractivity contribution in [2.24, 2.45) is 0 Å². The fourth-order valence-electron chi connectivity index (χ4n) is 3.54. The van der Waals surface area contributed by atoms with E-state index in [-0.39, 0.29) is 17.2 Å². The van der Waals surface area contributed by atoms with Crippen LogP contribution in [0.25, 0.3) is 10.2 Å². The molecule has 0 radical (unpaired) electrons. The smallest absolute Gasteiger partial charge is 0.260 e. The summed E-state index contributed by atoms with van der Waals surface area (Å²) in [5.41, 5.74) is 2.23. The number of methoxy groups -OCH3 is 1. The van der Waals surface area contributed by atoms with Crippen LogP contribution in [0.5, 0.6) is 5.75 Å². The SMILES string of the molecule is COc1ccc(CCNC(=O)CSc2nc3sc4c(c3c(=O)[nH]2)CCCC4)cc1. The lowest BCUT2D eigenvalue weighted by Crippen LogP contribution is -2.27. The molecule has 0 aliphatic heterocycles. The molecular weight excluding hydrogens is 406 g/mol. The number of fused-ring (bicyclic) bond motifs is 3. The van der Waals surface area contributed by atoms with E-state index >= 15 is 0 Å². The minimum atomic E-state index is -0.0863. The molecule has 1 aliphatic rings. The molecule has 0 saturated heterocycles. The van der Waals surface area contributed by atoms with Gasteiger partial charge in [0.2, 0.25) is 5.91 Å². The van der Waals surface area contributed by atoms with Crippen molar-refractivity contribution in [2.45, 2.75) is 37.3 Å². The molecule has 29 heavy (non-hydrogen) atoms. The normalized spacial score (nSPS) is 13.3. The van der Waals surface area contributed by atoms with Gasteiger partial charge in [-0.05, 0) is 55.4 Å². The first-order chi connectivity index (χ1) is 14.1. The Hall–Kier alpha value is -2.32. The largest absolute Gasteiger partial charge is 0.497 e.